The summed E-state index contributed by atoms with van der Waals surface area (Å²) >= 11 is 0. The fraction of sp³-hybridized carbons (Fsp3) is 0.559. The van der Waals surface area contributed by atoms with Crippen LogP contribution in [0.5, 0.6) is 0 Å². The number of hydrogen-bond acceptors (Lipinski definition) is 7. The van der Waals surface area contributed by atoms with Crippen molar-refractivity contribution < 1.29 is 33.3 Å². The van der Waals surface area contributed by atoms with Gasteiger partial charge in [0.15, 0.2) is 0 Å². The summed E-state index contributed by atoms with van der Waals surface area (Å²) in [6.45, 7) is 7.14. The van der Waals surface area contributed by atoms with Crippen LogP contribution in [0.4, 0.5) is 0 Å². The van der Waals surface area contributed by atoms with Gasteiger partial charge in [0.25, 0.3) is 0 Å². The molecule has 4 fully saturated rings. The molecule has 0 aromatic heterocycles. The molecule has 4 aliphatic rings. The minimum atomic E-state index is -0.643. The first-order valence-electron chi connectivity index (χ1n) is 14.9. The van der Waals surface area contributed by atoms with Gasteiger partial charge in [-0.15, -0.1) is 0 Å². The van der Waals surface area contributed by atoms with E-state index in [2.05, 4.69) is 20.8 Å². The molecule has 7 atom stereocenters. The van der Waals surface area contributed by atoms with Gasteiger partial charge < -0.3 is 18.9 Å². The minimum Gasteiger partial charge on any atom is -0.463 e. The number of esters is 3. The Morgan fingerprint density at radius 1 is 0.878 bits per heavy atom. The van der Waals surface area contributed by atoms with E-state index in [-0.39, 0.29) is 35.8 Å². The maximum absolute atomic E-state index is 13.3. The second-order valence-electron chi connectivity index (χ2n) is 13.2. The van der Waals surface area contributed by atoms with E-state index in [1.807, 2.05) is 36.4 Å². The van der Waals surface area contributed by atoms with Gasteiger partial charge in [-0.25, -0.2) is 9.59 Å². The van der Waals surface area contributed by atoms with E-state index in [9.17, 15) is 14.4 Å². The van der Waals surface area contributed by atoms with Crippen molar-refractivity contribution in [3.63, 3.8) is 0 Å². The van der Waals surface area contributed by atoms with Crippen molar-refractivity contribution in [3.8, 4) is 0 Å². The average molecular weight is 561 g/mol. The summed E-state index contributed by atoms with van der Waals surface area (Å²) in [5.41, 5.74) is -0.927. The molecule has 2 aromatic rings. The summed E-state index contributed by atoms with van der Waals surface area (Å²) in [4.78, 5) is 38.6. The zero-order valence-corrected chi connectivity index (χ0v) is 24.2. The Morgan fingerprint density at radius 2 is 1.54 bits per heavy atom. The fourth-order valence-electron chi connectivity index (χ4n) is 8.75. The normalized spacial score (nSPS) is 37.9. The molecule has 2 aromatic carbocycles. The Bertz CT molecular complexity index is 1310. The van der Waals surface area contributed by atoms with Gasteiger partial charge in [0.1, 0.15) is 24.9 Å². The minimum absolute atomic E-state index is 0.0604. The summed E-state index contributed by atoms with van der Waals surface area (Å²) in [7, 11) is 0. The third-order valence-electron chi connectivity index (χ3n) is 11.0. The van der Waals surface area contributed by atoms with Crippen molar-refractivity contribution in [2.24, 2.45) is 22.7 Å². The molecule has 2 spiro atoms. The molecule has 0 radical (unpaired) electrons. The Morgan fingerprint density at radius 3 is 2.17 bits per heavy atom. The summed E-state index contributed by atoms with van der Waals surface area (Å²) in [5.74, 6) is -0.592. The number of fused-ring (bicyclic) bond motifs is 2. The number of benzene rings is 2. The molecule has 7 nitrogen and oxygen atoms in total. The van der Waals surface area contributed by atoms with Crippen LogP contribution in [-0.2, 0) is 23.7 Å². The highest BCUT2D eigenvalue weighted by atomic mass is 16.6. The SMILES string of the molecule is C[C@@H]1CC[C@H]2[C@](C)(COC(=O)c3ccccc3)[C@@H](OC(=O)c3ccccc3)CC[C@]2(C)[C@@]12CC[C@@]1(COC(=O)C1)O2. The van der Waals surface area contributed by atoms with Gasteiger partial charge in [-0.2, -0.15) is 0 Å². The standard InChI is InChI=1S/C34H40O7/c1-23-14-15-26-31(2,21-39-29(36)24-10-6-4-7-11-24)27(40-30(37)25-12-8-5-9-13-25)16-17-32(26,3)34(23)19-18-33(41-34)20-28(35)38-22-33/h4-13,23,26-27H,14-22H2,1-3H3/t23-,26+,27+,31+,32+,33-,34-/m1/s1. The monoisotopic (exact) mass is 560 g/mol. The largest absolute Gasteiger partial charge is 0.463 e. The van der Waals surface area contributed by atoms with E-state index in [4.69, 9.17) is 18.9 Å². The first kappa shape index (κ1) is 28.0. The molecule has 7 heteroatoms. The smallest absolute Gasteiger partial charge is 0.338 e. The van der Waals surface area contributed by atoms with Crippen molar-refractivity contribution in [2.45, 2.75) is 83.0 Å². The summed E-state index contributed by atoms with van der Waals surface area (Å²) in [5, 5.41) is 0. The summed E-state index contributed by atoms with van der Waals surface area (Å²) < 4.78 is 24.8. The van der Waals surface area contributed by atoms with Crippen LogP contribution in [0.1, 0.15) is 86.4 Å². The maximum atomic E-state index is 13.3. The van der Waals surface area contributed by atoms with E-state index in [0.29, 0.717) is 36.5 Å². The van der Waals surface area contributed by atoms with Gasteiger partial charge in [-0.1, -0.05) is 57.2 Å². The van der Waals surface area contributed by atoms with E-state index < -0.39 is 22.7 Å². The van der Waals surface area contributed by atoms with Gasteiger partial charge in [-0.05, 0) is 74.6 Å². The molecule has 41 heavy (non-hydrogen) atoms. The van der Waals surface area contributed by atoms with Gasteiger partial charge in [0, 0.05) is 10.8 Å². The molecule has 0 amide bonds. The Labute approximate surface area is 241 Å². The quantitative estimate of drug-likeness (QED) is 0.320. The fourth-order valence-corrected chi connectivity index (χ4v) is 8.75. The molecular formula is C34H40O7. The number of carbonyl (C=O) groups is 3. The van der Waals surface area contributed by atoms with E-state index in [0.717, 1.165) is 32.1 Å². The highest BCUT2D eigenvalue weighted by molar-refractivity contribution is 5.90. The molecule has 6 rings (SSSR count). The van der Waals surface area contributed by atoms with Crippen LogP contribution < -0.4 is 0 Å². The molecule has 2 saturated carbocycles. The van der Waals surface area contributed by atoms with Crippen molar-refractivity contribution in [3.05, 3.63) is 71.8 Å². The Kier molecular flexibility index (Phi) is 7.00. The molecule has 2 saturated heterocycles. The van der Waals surface area contributed by atoms with Gasteiger partial charge >= 0.3 is 17.9 Å². The van der Waals surface area contributed by atoms with Crippen LogP contribution in [-0.4, -0.2) is 48.4 Å². The molecule has 218 valence electrons. The predicted molar refractivity (Wildman–Crippen MR) is 151 cm³/mol. The molecule has 0 unspecified atom stereocenters. The zero-order chi connectivity index (χ0) is 28.9. The van der Waals surface area contributed by atoms with E-state index >= 15 is 0 Å². The molecule has 2 aliphatic carbocycles. The first-order valence-corrected chi connectivity index (χ1v) is 14.9. The highest BCUT2D eigenvalue weighted by Gasteiger charge is 2.70. The number of rotatable bonds is 5. The molecular weight excluding hydrogens is 520 g/mol. The maximum Gasteiger partial charge on any atom is 0.338 e. The lowest BCUT2D eigenvalue weighted by Gasteiger charge is -2.65. The van der Waals surface area contributed by atoms with Crippen molar-refractivity contribution in [2.75, 3.05) is 13.2 Å². The van der Waals surface area contributed by atoms with Gasteiger partial charge in [-0.3, -0.25) is 4.79 Å². The van der Waals surface area contributed by atoms with Crippen molar-refractivity contribution in [1.82, 2.24) is 0 Å². The molecule has 0 N–H and O–H groups in total. The lowest BCUT2D eigenvalue weighted by atomic mass is 9.43. The second-order valence-corrected chi connectivity index (χ2v) is 13.2. The lowest BCUT2D eigenvalue weighted by Crippen LogP contribution is -2.67. The lowest BCUT2D eigenvalue weighted by molar-refractivity contribution is -0.265. The molecule has 0 bridgehead atoms. The molecule has 2 aliphatic heterocycles. The van der Waals surface area contributed by atoms with Crippen molar-refractivity contribution >= 4 is 17.9 Å². The third-order valence-corrected chi connectivity index (χ3v) is 11.0. The molecule has 2 heterocycles. The number of ether oxygens (including phenoxy) is 4. The number of carbonyl (C=O) groups excluding carboxylic acids is 3. The number of cyclic esters (lactones) is 1. The summed E-state index contributed by atoms with van der Waals surface area (Å²) in [6.07, 6.45) is 4.79. The topological polar surface area (TPSA) is 88.1 Å². The van der Waals surface area contributed by atoms with Crippen LogP contribution in [0.25, 0.3) is 0 Å². The Hall–Kier alpha value is -3.19. The zero-order valence-electron chi connectivity index (χ0n) is 24.2. The van der Waals surface area contributed by atoms with Crippen LogP contribution in [0.3, 0.4) is 0 Å². The van der Waals surface area contributed by atoms with E-state index in [1.54, 1.807) is 24.3 Å². The van der Waals surface area contributed by atoms with Crippen molar-refractivity contribution in [1.29, 1.82) is 0 Å². The average Bonchev–Trinajstić information content (AvgIpc) is 3.55. The van der Waals surface area contributed by atoms with Crippen LogP contribution in [0, 0.1) is 22.7 Å². The third kappa shape index (κ3) is 4.57. The second kappa shape index (κ2) is 10.3. The van der Waals surface area contributed by atoms with E-state index in [1.165, 1.54) is 0 Å². The van der Waals surface area contributed by atoms with Gasteiger partial charge in [0.2, 0.25) is 0 Å². The highest BCUT2D eigenvalue weighted by Crippen LogP contribution is 2.68. The van der Waals surface area contributed by atoms with Crippen LogP contribution in [0.2, 0.25) is 0 Å². The summed E-state index contributed by atoms with van der Waals surface area (Å²) in [6, 6.07) is 18.0. The first-order chi connectivity index (χ1) is 19.6. The number of hydrogen-bond donors (Lipinski definition) is 0. The predicted octanol–water partition coefficient (Wildman–Crippen LogP) is 6.16. The Balaban J connectivity index is 1.33. The van der Waals surface area contributed by atoms with Gasteiger partial charge in [0.05, 0.1) is 23.1 Å². The van der Waals surface area contributed by atoms with Crippen LogP contribution >= 0.6 is 0 Å². The van der Waals surface area contributed by atoms with Crippen LogP contribution in [0.15, 0.2) is 60.7 Å².